The van der Waals surface area contributed by atoms with Crippen molar-refractivity contribution in [3.05, 3.63) is 53.1 Å². The van der Waals surface area contributed by atoms with Crippen LogP contribution in [0.1, 0.15) is 5.56 Å². The monoisotopic (exact) mass is 317 g/mol. The molecule has 0 bridgehead atoms. The number of hydrogen-bond donors (Lipinski definition) is 2. The first-order valence-corrected chi connectivity index (χ1v) is 6.82. The Labute approximate surface area is 133 Å². The predicted molar refractivity (Wildman–Crippen MR) is 89.0 cm³/mol. The van der Waals surface area contributed by atoms with Crippen LogP contribution in [-0.4, -0.2) is 12.2 Å². The van der Waals surface area contributed by atoms with Gasteiger partial charge < -0.3 is 15.4 Å². The average molecular weight is 318 g/mol. The molecule has 0 aliphatic rings. The quantitative estimate of drug-likeness (QED) is 0.837. The maximum Gasteiger partial charge on any atom is 0.175 e. The van der Waals surface area contributed by atoms with E-state index in [4.69, 9.17) is 33.8 Å². The van der Waals surface area contributed by atoms with E-state index in [0.717, 1.165) is 5.69 Å². The summed E-state index contributed by atoms with van der Waals surface area (Å²) in [5, 5.41) is 15.9. The lowest BCUT2D eigenvalue weighted by Crippen LogP contribution is -2.19. The van der Waals surface area contributed by atoms with Crippen LogP contribution in [0.4, 0.5) is 11.4 Å². The third-order valence-electron chi connectivity index (χ3n) is 2.66. The molecule has 2 aromatic rings. The molecule has 0 unspecified atom stereocenters. The number of methoxy groups -OCH3 is 1. The summed E-state index contributed by atoms with van der Waals surface area (Å²) >= 11 is 11.2. The molecular formula is C15H12ClN3OS. The highest BCUT2D eigenvalue weighted by Crippen LogP contribution is 2.27. The van der Waals surface area contributed by atoms with Crippen molar-refractivity contribution in [1.82, 2.24) is 0 Å². The van der Waals surface area contributed by atoms with E-state index < -0.39 is 0 Å². The van der Waals surface area contributed by atoms with Crippen LogP contribution < -0.4 is 15.4 Å². The summed E-state index contributed by atoms with van der Waals surface area (Å²) in [5.41, 5.74) is 1.95. The molecule has 0 aliphatic carbocycles. The van der Waals surface area contributed by atoms with E-state index in [-0.39, 0.29) is 0 Å². The van der Waals surface area contributed by atoms with Crippen molar-refractivity contribution in [3.63, 3.8) is 0 Å². The predicted octanol–water partition coefficient (Wildman–Crippen LogP) is 4.03. The van der Waals surface area contributed by atoms with Gasteiger partial charge in [-0.1, -0.05) is 17.7 Å². The minimum Gasteiger partial charge on any atom is -0.495 e. The third-order valence-corrected chi connectivity index (χ3v) is 3.10. The lowest BCUT2D eigenvalue weighted by atomic mass is 10.2. The zero-order chi connectivity index (χ0) is 15.2. The Morgan fingerprint density at radius 2 is 2.05 bits per heavy atom. The van der Waals surface area contributed by atoms with Gasteiger partial charge in [0.25, 0.3) is 0 Å². The summed E-state index contributed by atoms with van der Waals surface area (Å²) in [6.45, 7) is 0. The number of nitrogens with one attached hydrogen (secondary N) is 2. The van der Waals surface area contributed by atoms with E-state index in [9.17, 15) is 0 Å². The number of rotatable bonds is 3. The molecule has 2 rings (SSSR count). The Morgan fingerprint density at radius 3 is 2.76 bits per heavy atom. The van der Waals surface area contributed by atoms with E-state index in [1.807, 2.05) is 6.07 Å². The zero-order valence-electron chi connectivity index (χ0n) is 11.2. The summed E-state index contributed by atoms with van der Waals surface area (Å²) in [4.78, 5) is 0. The number of ether oxygens (including phenoxy) is 1. The van der Waals surface area contributed by atoms with E-state index in [1.54, 1.807) is 43.5 Å². The van der Waals surface area contributed by atoms with Crippen LogP contribution in [0.15, 0.2) is 42.5 Å². The smallest absolute Gasteiger partial charge is 0.175 e. The van der Waals surface area contributed by atoms with E-state index >= 15 is 0 Å². The summed E-state index contributed by atoms with van der Waals surface area (Å²) < 4.78 is 5.24. The Balaban J connectivity index is 2.11. The Bertz CT molecular complexity index is 712. The van der Waals surface area contributed by atoms with Crippen molar-refractivity contribution in [1.29, 1.82) is 5.26 Å². The molecule has 0 atom stereocenters. The minimum atomic E-state index is 0.380. The number of halogens is 1. The highest BCUT2D eigenvalue weighted by atomic mass is 35.5. The number of nitrogens with zero attached hydrogens (tertiary/aromatic N) is 1. The number of anilines is 2. The van der Waals surface area contributed by atoms with Crippen molar-refractivity contribution in [2.24, 2.45) is 0 Å². The molecule has 0 saturated carbocycles. The van der Waals surface area contributed by atoms with Crippen LogP contribution in [0.2, 0.25) is 5.02 Å². The summed E-state index contributed by atoms with van der Waals surface area (Å²) in [7, 11) is 1.57. The fourth-order valence-electron chi connectivity index (χ4n) is 1.73. The molecule has 4 nitrogen and oxygen atoms in total. The maximum atomic E-state index is 8.87. The average Bonchev–Trinajstić information content (AvgIpc) is 2.47. The molecule has 2 aromatic carbocycles. The van der Waals surface area contributed by atoms with E-state index in [0.29, 0.717) is 27.1 Å². The van der Waals surface area contributed by atoms with Gasteiger partial charge in [0.2, 0.25) is 0 Å². The van der Waals surface area contributed by atoms with Crippen molar-refractivity contribution in [3.8, 4) is 11.8 Å². The largest absolute Gasteiger partial charge is 0.495 e. The number of nitriles is 1. The van der Waals surface area contributed by atoms with Crippen LogP contribution in [0.3, 0.4) is 0 Å². The van der Waals surface area contributed by atoms with Gasteiger partial charge in [0.05, 0.1) is 24.4 Å². The SMILES string of the molecule is COc1ccc(Cl)cc1NC(=S)Nc1cccc(C#N)c1. The third kappa shape index (κ3) is 4.09. The van der Waals surface area contributed by atoms with Gasteiger partial charge in [-0.2, -0.15) is 5.26 Å². The highest BCUT2D eigenvalue weighted by molar-refractivity contribution is 7.80. The van der Waals surface area contributed by atoms with Gasteiger partial charge in [-0.25, -0.2) is 0 Å². The van der Waals surface area contributed by atoms with Crippen LogP contribution in [0.25, 0.3) is 0 Å². The van der Waals surface area contributed by atoms with Crippen molar-refractivity contribution >= 4 is 40.3 Å². The van der Waals surface area contributed by atoms with Gasteiger partial charge in [-0.3, -0.25) is 0 Å². The summed E-state index contributed by atoms with van der Waals surface area (Å²) in [6, 6.07) is 14.3. The van der Waals surface area contributed by atoms with E-state index in [1.165, 1.54) is 0 Å². The van der Waals surface area contributed by atoms with Crippen molar-refractivity contribution in [2.75, 3.05) is 17.7 Å². The van der Waals surface area contributed by atoms with Gasteiger partial charge >= 0.3 is 0 Å². The standard InChI is InChI=1S/C15H12ClN3OS/c1-20-14-6-5-11(16)8-13(14)19-15(21)18-12-4-2-3-10(7-12)9-17/h2-8H,1H3,(H2,18,19,21). The normalized spacial score (nSPS) is 9.57. The summed E-state index contributed by atoms with van der Waals surface area (Å²) in [5.74, 6) is 0.634. The molecule has 0 saturated heterocycles. The number of benzene rings is 2. The molecule has 0 aliphatic heterocycles. The van der Waals surface area contributed by atoms with Gasteiger partial charge in [0.1, 0.15) is 5.75 Å². The second-order valence-corrected chi connectivity index (χ2v) is 4.96. The topological polar surface area (TPSA) is 57.1 Å². The van der Waals surface area contributed by atoms with Crippen molar-refractivity contribution in [2.45, 2.75) is 0 Å². The highest BCUT2D eigenvalue weighted by Gasteiger charge is 2.06. The Kier molecular flexibility index (Phi) is 4.99. The molecule has 21 heavy (non-hydrogen) atoms. The first-order valence-electron chi connectivity index (χ1n) is 6.04. The van der Waals surface area contributed by atoms with Gasteiger partial charge in [-0.05, 0) is 48.6 Å². The lowest BCUT2D eigenvalue weighted by molar-refractivity contribution is 0.417. The second kappa shape index (κ2) is 6.93. The molecule has 0 spiro atoms. The fourth-order valence-corrected chi connectivity index (χ4v) is 2.13. The fraction of sp³-hybridized carbons (Fsp3) is 0.0667. The Hall–Kier alpha value is -2.29. The van der Waals surface area contributed by atoms with Gasteiger partial charge in [0.15, 0.2) is 5.11 Å². The molecule has 6 heteroatoms. The molecular weight excluding hydrogens is 306 g/mol. The van der Waals surface area contributed by atoms with Crippen LogP contribution in [-0.2, 0) is 0 Å². The van der Waals surface area contributed by atoms with Gasteiger partial charge in [0, 0.05) is 10.7 Å². The number of thiocarbonyl (C=S) groups is 1. The van der Waals surface area contributed by atoms with E-state index in [2.05, 4.69) is 16.7 Å². The lowest BCUT2D eigenvalue weighted by Gasteiger charge is -2.13. The number of hydrogen-bond acceptors (Lipinski definition) is 3. The molecule has 0 heterocycles. The van der Waals surface area contributed by atoms with Crippen LogP contribution in [0.5, 0.6) is 5.75 Å². The first kappa shape index (κ1) is 15.1. The zero-order valence-corrected chi connectivity index (χ0v) is 12.8. The first-order chi connectivity index (χ1) is 10.1. The molecule has 0 radical (unpaired) electrons. The molecule has 0 fully saturated rings. The second-order valence-electron chi connectivity index (χ2n) is 4.12. The maximum absolute atomic E-state index is 8.87. The van der Waals surface area contributed by atoms with Gasteiger partial charge in [-0.15, -0.1) is 0 Å². The Morgan fingerprint density at radius 1 is 1.24 bits per heavy atom. The summed E-state index contributed by atoms with van der Waals surface area (Å²) in [6.07, 6.45) is 0. The minimum absolute atomic E-state index is 0.380. The molecule has 2 N–H and O–H groups in total. The van der Waals surface area contributed by atoms with Crippen LogP contribution in [0, 0.1) is 11.3 Å². The molecule has 0 aromatic heterocycles. The molecule has 0 amide bonds. The van der Waals surface area contributed by atoms with Crippen molar-refractivity contribution < 1.29 is 4.74 Å². The molecule has 106 valence electrons. The van der Waals surface area contributed by atoms with Crippen LogP contribution >= 0.6 is 23.8 Å².